The van der Waals surface area contributed by atoms with Crippen molar-refractivity contribution in [1.82, 2.24) is 15.1 Å². The van der Waals surface area contributed by atoms with E-state index in [9.17, 15) is 0 Å². The minimum absolute atomic E-state index is 0.815. The second-order valence-corrected chi connectivity index (χ2v) is 5.56. The molecule has 0 aromatic carbocycles. The van der Waals surface area contributed by atoms with Gasteiger partial charge in [0.15, 0.2) is 0 Å². The van der Waals surface area contributed by atoms with E-state index in [2.05, 4.69) is 15.1 Å². The molecule has 1 saturated heterocycles. The lowest BCUT2D eigenvalue weighted by molar-refractivity contribution is 0.0979. The fourth-order valence-electron chi connectivity index (χ4n) is 3.16. The summed E-state index contributed by atoms with van der Waals surface area (Å²) in [6, 6.07) is 0.909. The molecule has 2 rings (SSSR count). The van der Waals surface area contributed by atoms with E-state index in [1.807, 2.05) is 0 Å². The summed E-state index contributed by atoms with van der Waals surface area (Å²) < 4.78 is 5.02. The Labute approximate surface area is 112 Å². The first-order valence-corrected chi connectivity index (χ1v) is 7.56. The van der Waals surface area contributed by atoms with Gasteiger partial charge in [0.05, 0.1) is 6.61 Å². The topological polar surface area (TPSA) is 27.7 Å². The van der Waals surface area contributed by atoms with E-state index in [4.69, 9.17) is 4.74 Å². The lowest BCUT2D eigenvalue weighted by Gasteiger charge is -2.38. The Morgan fingerprint density at radius 1 is 1.06 bits per heavy atom. The first-order chi connectivity index (χ1) is 8.90. The molecule has 1 aliphatic heterocycles. The molecule has 0 radical (unpaired) electrons. The zero-order valence-electron chi connectivity index (χ0n) is 11.9. The Morgan fingerprint density at radius 3 is 2.44 bits per heavy atom. The van der Waals surface area contributed by atoms with E-state index >= 15 is 0 Å². The molecular formula is C14H29N3O. The van der Waals surface area contributed by atoms with Gasteiger partial charge in [0.1, 0.15) is 0 Å². The maximum atomic E-state index is 5.02. The lowest BCUT2D eigenvalue weighted by Crippen LogP contribution is -2.50. The fourth-order valence-corrected chi connectivity index (χ4v) is 3.16. The third-order valence-corrected chi connectivity index (χ3v) is 4.34. The summed E-state index contributed by atoms with van der Waals surface area (Å²) in [6.45, 7) is 9.12. The predicted octanol–water partition coefficient (Wildman–Crippen LogP) is 0.783. The van der Waals surface area contributed by atoms with Crippen LogP contribution in [0.15, 0.2) is 0 Å². The summed E-state index contributed by atoms with van der Waals surface area (Å²) >= 11 is 0. The second kappa shape index (κ2) is 8.10. The summed E-state index contributed by atoms with van der Waals surface area (Å²) in [4.78, 5) is 5.31. The number of nitrogens with zero attached hydrogens (tertiary/aromatic N) is 2. The van der Waals surface area contributed by atoms with Gasteiger partial charge in [-0.15, -0.1) is 0 Å². The Hall–Kier alpha value is -0.160. The molecule has 18 heavy (non-hydrogen) atoms. The maximum absolute atomic E-state index is 5.02. The van der Waals surface area contributed by atoms with Gasteiger partial charge in [0.25, 0.3) is 0 Å². The molecule has 0 aromatic rings. The summed E-state index contributed by atoms with van der Waals surface area (Å²) in [6.07, 6.45) is 5.79. The van der Waals surface area contributed by atoms with Crippen molar-refractivity contribution in [3.63, 3.8) is 0 Å². The number of nitrogens with one attached hydrogen (secondary N) is 1. The van der Waals surface area contributed by atoms with Crippen LogP contribution in [0.3, 0.4) is 0 Å². The molecule has 1 saturated carbocycles. The van der Waals surface area contributed by atoms with Crippen molar-refractivity contribution >= 4 is 0 Å². The summed E-state index contributed by atoms with van der Waals surface area (Å²) in [5, 5.41) is 3.42. The van der Waals surface area contributed by atoms with Crippen molar-refractivity contribution in [2.75, 3.05) is 59.5 Å². The van der Waals surface area contributed by atoms with Crippen molar-refractivity contribution in [2.24, 2.45) is 0 Å². The monoisotopic (exact) mass is 255 g/mol. The van der Waals surface area contributed by atoms with Crippen LogP contribution in [0.2, 0.25) is 0 Å². The van der Waals surface area contributed by atoms with Gasteiger partial charge in [0, 0.05) is 59.0 Å². The van der Waals surface area contributed by atoms with Crippen LogP contribution in [-0.4, -0.2) is 75.4 Å². The molecule has 106 valence electrons. The maximum Gasteiger partial charge on any atom is 0.0587 e. The number of hydrogen-bond acceptors (Lipinski definition) is 4. The molecule has 0 bridgehead atoms. The smallest absolute Gasteiger partial charge is 0.0587 e. The number of ether oxygens (including phenoxy) is 1. The normalized spacial score (nSPS) is 23.8. The molecule has 0 unspecified atom stereocenters. The lowest BCUT2D eigenvalue weighted by atomic mass is 10.2. The number of rotatable bonds is 7. The number of piperazine rings is 1. The minimum atomic E-state index is 0.815. The van der Waals surface area contributed by atoms with E-state index in [0.717, 1.165) is 25.7 Å². The van der Waals surface area contributed by atoms with Gasteiger partial charge in [-0.3, -0.25) is 9.80 Å². The molecule has 2 fully saturated rings. The van der Waals surface area contributed by atoms with Crippen LogP contribution in [0.4, 0.5) is 0 Å². The third-order valence-electron chi connectivity index (χ3n) is 4.34. The van der Waals surface area contributed by atoms with Gasteiger partial charge in [-0.2, -0.15) is 0 Å². The van der Waals surface area contributed by atoms with Gasteiger partial charge in [-0.05, 0) is 12.8 Å². The Morgan fingerprint density at radius 2 is 1.78 bits per heavy atom. The molecular weight excluding hydrogens is 226 g/mol. The van der Waals surface area contributed by atoms with Crippen LogP contribution in [0.5, 0.6) is 0 Å². The van der Waals surface area contributed by atoms with E-state index in [0.29, 0.717) is 0 Å². The average Bonchev–Trinajstić information content (AvgIpc) is 2.93. The average molecular weight is 255 g/mol. The highest BCUT2D eigenvalue weighted by Gasteiger charge is 2.25. The molecule has 2 aliphatic rings. The highest BCUT2D eigenvalue weighted by atomic mass is 16.5. The third kappa shape index (κ3) is 4.50. The van der Waals surface area contributed by atoms with Gasteiger partial charge >= 0.3 is 0 Å². The van der Waals surface area contributed by atoms with E-state index < -0.39 is 0 Å². The standard InChI is InChI=1S/C14H29N3O/c1-18-13-7-15-6-8-16-9-11-17(12-10-16)14-4-2-3-5-14/h14-15H,2-13H2,1H3. The molecule has 0 spiro atoms. The fraction of sp³-hybridized carbons (Fsp3) is 1.00. The van der Waals surface area contributed by atoms with Crippen molar-refractivity contribution < 1.29 is 4.74 Å². The quantitative estimate of drug-likeness (QED) is 0.681. The second-order valence-electron chi connectivity index (χ2n) is 5.56. The molecule has 4 heteroatoms. The summed E-state index contributed by atoms with van der Waals surface area (Å²) in [5.41, 5.74) is 0. The zero-order chi connectivity index (χ0) is 12.6. The van der Waals surface area contributed by atoms with Gasteiger partial charge < -0.3 is 10.1 Å². The predicted molar refractivity (Wildman–Crippen MR) is 75.0 cm³/mol. The molecule has 0 amide bonds. The SMILES string of the molecule is COCCNCCN1CCN(C2CCCC2)CC1. The molecule has 4 nitrogen and oxygen atoms in total. The van der Waals surface area contributed by atoms with E-state index in [1.54, 1.807) is 7.11 Å². The Balaban J connectivity index is 1.53. The number of methoxy groups -OCH3 is 1. The van der Waals surface area contributed by atoms with Crippen LogP contribution in [0.25, 0.3) is 0 Å². The molecule has 0 aromatic heterocycles. The van der Waals surface area contributed by atoms with Gasteiger partial charge in [-0.1, -0.05) is 12.8 Å². The molecule has 1 heterocycles. The Bertz CT molecular complexity index is 211. The molecule has 1 aliphatic carbocycles. The van der Waals surface area contributed by atoms with E-state index in [1.165, 1.54) is 58.4 Å². The van der Waals surface area contributed by atoms with Crippen molar-refractivity contribution in [3.05, 3.63) is 0 Å². The highest BCUT2D eigenvalue weighted by molar-refractivity contribution is 4.82. The largest absolute Gasteiger partial charge is 0.383 e. The number of hydrogen-bond donors (Lipinski definition) is 1. The first-order valence-electron chi connectivity index (χ1n) is 7.56. The van der Waals surface area contributed by atoms with Crippen LogP contribution >= 0.6 is 0 Å². The Kier molecular flexibility index (Phi) is 6.41. The van der Waals surface area contributed by atoms with E-state index in [-0.39, 0.29) is 0 Å². The van der Waals surface area contributed by atoms with Gasteiger partial charge in [-0.25, -0.2) is 0 Å². The van der Waals surface area contributed by atoms with Crippen LogP contribution < -0.4 is 5.32 Å². The zero-order valence-corrected chi connectivity index (χ0v) is 11.9. The van der Waals surface area contributed by atoms with Crippen molar-refractivity contribution in [1.29, 1.82) is 0 Å². The minimum Gasteiger partial charge on any atom is -0.383 e. The first kappa shape index (κ1) is 14.3. The molecule has 1 N–H and O–H groups in total. The summed E-state index contributed by atoms with van der Waals surface area (Å²) in [5.74, 6) is 0. The van der Waals surface area contributed by atoms with Crippen LogP contribution in [-0.2, 0) is 4.74 Å². The highest BCUT2D eigenvalue weighted by Crippen LogP contribution is 2.24. The van der Waals surface area contributed by atoms with Crippen LogP contribution in [0.1, 0.15) is 25.7 Å². The summed E-state index contributed by atoms with van der Waals surface area (Å²) in [7, 11) is 1.75. The van der Waals surface area contributed by atoms with Crippen molar-refractivity contribution in [2.45, 2.75) is 31.7 Å². The van der Waals surface area contributed by atoms with Gasteiger partial charge in [0.2, 0.25) is 0 Å². The molecule has 0 atom stereocenters. The van der Waals surface area contributed by atoms with Crippen molar-refractivity contribution in [3.8, 4) is 0 Å². The van der Waals surface area contributed by atoms with Crippen LogP contribution in [0, 0.1) is 0 Å².